The Morgan fingerprint density at radius 3 is 2.62 bits per heavy atom. The summed E-state index contributed by atoms with van der Waals surface area (Å²) in [7, 11) is 4.58. The number of aliphatic hydroxyl groups is 1. The van der Waals surface area contributed by atoms with Gasteiger partial charge < -0.3 is 23.9 Å². The zero-order chi connectivity index (χ0) is 26.5. The number of ether oxygens (including phenoxy) is 3. The van der Waals surface area contributed by atoms with E-state index >= 15 is 0 Å². The monoisotopic (exact) mass is 508 g/mol. The highest BCUT2D eigenvalue weighted by Crippen LogP contribution is 2.27. The highest BCUT2D eigenvalue weighted by atomic mass is 16.5. The topological polar surface area (TPSA) is 145 Å². The van der Waals surface area contributed by atoms with Gasteiger partial charge in [-0.05, 0) is 42.3 Å². The number of hydrogen-bond donors (Lipinski definition) is 3. The van der Waals surface area contributed by atoms with Crippen LogP contribution in [0.1, 0.15) is 11.1 Å². The summed E-state index contributed by atoms with van der Waals surface area (Å²) in [5.41, 5.74) is 3.47. The molecule has 4 aromatic rings. The normalized spacial score (nSPS) is 12.1. The van der Waals surface area contributed by atoms with Gasteiger partial charge in [0.15, 0.2) is 22.7 Å². The number of methoxy groups -OCH3 is 2. The van der Waals surface area contributed by atoms with Crippen LogP contribution in [0, 0.1) is 6.92 Å². The van der Waals surface area contributed by atoms with Crippen molar-refractivity contribution in [2.24, 2.45) is 12.1 Å². The van der Waals surface area contributed by atoms with E-state index in [1.165, 1.54) is 29.5 Å². The predicted octanol–water partition coefficient (Wildman–Crippen LogP) is 1.63. The molecule has 0 amide bonds. The fourth-order valence-corrected chi connectivity index (χ4v) is 3.76. The van der Waals surface area contributed by atoms with Crippen LogP contribution >= 0.6 is 0 Å². The van der Waals surface area contributed by atoms with E-state index in [4.69, 9.17) is 14.2 Å². The molecule has 3 N–H and O–H groups in total. The molecule has 37 heavy (non-hydrogen) atoms. The number of rotatable bonds is 10. The lowest BCUT2D eigenvalue weighted by Gasteiger charge is -2.16. The molecular weight excluding hydrogens is 480 g/mol. The highest BCUT2D eigenvalue weighted by Gasteiger charge is 2.20. The minimum absolute atomic E-state index is 0.0253. The summed E-state index contributed by atoms with van der Waals surface area (Å²) in [5.74, 6) is 1.93. The summed E-state index contributed by atoms with van der Waals surface area (Å²) in [4.78, 5) is 31.5. The molecule has 2 aromatic heterocycles. The first-order valence-corrected chi connectivity index (χ1v) is 11.4. The third-order valence-corrected chi connectivity index (χ3v) is 5.71. The number of hydrogen-bond acceptors (Lipinski definition) is 9. The maximum atomic E-state index is 12.7. The molecule has 0 spiro atoms. The zero-order valence-electron chi connectivity index (χ0n) is 20.9. The fourth-order valence-electron chi connectivity index (χ4n) is 3.76. The van der Waals surface area contributed by atoms with Crippen LogP contribution < -0.4 is 30.9 Å². The summed E-state index contributed by atoms with van der Waals surface area (Å²) < 4.78 is 19.0. The number of aliphatic hydroxyl groups excluding tert-OH is 1. The van der Waals surface area contributed by atoms with Gasteiger partial charge in [-0.1, -0.05) is 18.2 Å². The third kappa shape index (κ3) is 5.48. The Hall–Kier alpha value is -4.58. The van der Waals surface area contributed by atoms with Gasteiger partial charge in [0, 0.05) is 7.05 Å². The molecule has 0 bridgehead atoms. The molecule has 0 saturated carbocycles. The lowest BCUT2D eigenvalue weighted by Crippen LogP contribution is -2.30. The molecule has 0 aliphatic rings. The first-order chi connectivity index (χ1) is 17.8. The molecule has 0 aliphatic heterocycles. The van der Waals surface area contributed by atoms with Crippen LogP contribution in [0.4, 0.5) is 5.95 Å². The quantitative estimate of drug-likeness (QED) is 0.217. The maximum Gasteiger partial charge on any atom is 0.329 e. The number of H-pyrrole nitrogens is 1. The number of aryl methyl sites for hydroxylation is 2. The van der Waals surface area contributed by atoms with Gasteiger partial charge in [0.2, 0.25) is 5.95 Å². The number of anilines is 1. The lowest BCUT2D eigenvalue weighted by atomic mass is 10.2. The second kappa shape index (κ2) is 11.0. The van der Waals surface area contributed by atoms with Crippen molar-refractivity contribution >= 4 is 23.3 Å². The number of hydrazone groups is 1. The molecule has 0 aliphatic carbocycles. The van der Waals surface area contributed by atoms with Crippen molar-refractivity contribution in [3.8, 4) is 17.2 Å². The van der Waals surface area contributed by atoms with Crippen LogP contribution in [0.15, 0.2) is 57.2 Å². The number of imidazole rings is 1. The standard InChI is InChI=1S/C25H28N6O6/c1-15-7-5-6-8-18(15)37-14-17(32)13-31-21-22(30(2)25(34)28-23(21)33)27-24(31)29-26-12-16-9-10-19(35-3)20(11-16)36-4/h5-12,17,32H,13-14H2,1-4H3,(H,27,29)(H,28,33,34). The zero-order valence-corrected chi connectivity index (χ0v) is 20.9. The van der Waals surface area contributed by atoms with Gasteiger partial charge in [0.25, 0.3) is 5.56 Å². The number of nitrogens with one attached hydrogen (secondary N) is 2. The van der Waals surface area contributed by atoms with Gasteiger partial charge in [-0.3, -0.25) is 14.3 Å². The Labute approximate surface area is 211 Å². The van der Waals surface area contributed by atoms with E-state index in [0.717, 1.165) is 5.56 Å². The average molecular weight is 509 g/mol. The number of aromatic amines is 1. The average Bonchev–Trinajstić information content (AvgIpc) is 3.25. The van der Waals surface area contributed by atoms with Gasteiger partial charge >= 0.3 is 5.69 Å². The van der Waals surface area contributed by atoms with Crippen LogP contribution in [0.5, 0.6) is 17.2 Å². The number of fused-ring (bicyclic) bond motifs is 1. The van der Waals surface area contributed by atoms with E-state index in [1.807, 2.05) is 31.2 Å². The number of nitrogens with zero attached hydrogens (tertiary/aromatic N) is 4. The smallest absolute Gasteiger partial charge is 0.329 e. The van der Waals surface area contributed by atoms with Crippen LogP contribution in [-0.2, 0) is 13.6 Å². The van der Waals surface area contributed by atoms with E-state index in [9.17, 15) is 14.7 Å². The summed E-state index contributed by atoms with van der Waals surface area (Å²) in [6.45, 7) is 1.84. The van der Waals surface area contributed by atoms with Crippen molar-refractivity contribution in [3.63, 3.8) is 0 Å². The van der Waals surface area contributed by atoms with E-state index < -0.39 is 17.4 Å². The van der Waals surface area contributed by atoms with E-state index in [1.54, 1.807) is 25.3 Å². The Kier molecular flexibility index (Phi) is 7.58. The Bertz CT molecular complexity index is 1550. The van der Waals surface area contributed by atoms with E-state index in [-0.39, 0.29) is 30.3 Å². The van der Waals surface area contributed by atoms with Crippen molar-refractivity contribution in [2.75, 3.05) is 26.3 Å². The highest BCUT2D eigenvalue weighted by molar-refractivity contribution is 5.82. The van der Waals surface area contributed by atoms with Gasteiger partial charge in [-0.2, -0.15) is 10.1 Å². The first kappa shape index (κ1) is 25.5. The summed E-state index contributed by atoms with van der Waals surface area (Å²) in [6, 6.07) is 12.7. The van der Waals surface area contributed by atoms with Crippen LogP contribution in [0.2, 0.25) is 0 Å². The van der Waals surface area contributed by atoms with Crippen molar-refractivity contribution in [3.05, 3.63) is 74.4 Å². The Morgan fingerprint density at radius 1 is 1.14 bits per heavy atom. The Balaban J connectivity index is 1.62. The molecular formula is C25H28N6O6. The van der Waals surface area contributed by atoms with Crippen LogP contribution in [0.3, 0.4) is 0 Å². The second-order valence-electron chi connectivity index (χ2n) is 8.25. The molecule has 12 heteroatoms. The van der Waals surface area contributed by atoms with Gasteiger partial charge in [-0.15, -0.1) is 0 Å². The van der Waals surface area contributed by atoms with Crippen LogP contribution in [0.25, 0.3) is 11.2 Å². The number of benzene rings is 2. The predicted molar refractivity (Wildman–Crippen MR) is 139 cm³/mol. The molecule has 4 rings (SSSR count). The second-order valence-corrected chi connectivity index (χ2v) is 8.25. The molecule has 0 saturated heterocycles. The van der Waals surface area contributed by atoms with Crippen molar-refractivity contribution in [1.29, 1.82) is 0 Å². The van der Waals surface area contributed by atoms with E-state index in [2.05, 4.69) is 20.5 Å². The molecule has 0 radical (unpaired) electrons. The van der Waals surface area contributed by atoms with Crippen molar-refractivity contribution in [2.45, 2.75) is 19.6 Å². The maximum absolute atomic E-state index is 12.7. The van der Waals surface area contributed by atoms with Crippen molar-refractivity contribution < 1.29 is 19.3 Å². The summed E-state index contributed by atoms with van der Waals surface area (Å²) in [6.07, 6.45) is 0.538. The fraction of sp³-hybridized carbons (Fsp3) is 0.280. The minimum Gasteiger partial charge on any atom is -0.493 e. The number of aromatic nitrogens is 4. The molecule has 0 fully saturated rings. The Morgan fingerprint density at radius 2 is 1.89 bits per heavy atom. The minimum atomic E-state index is -0.996. The van der Waals surface area contributed by atoms with Gasteiger partial charge in [0.1, 0.15) is 18.5 Å². The lowest BCUT2D eigenvalue weighted by molar-refractivity contribution is 0.0935. The van der Waals surface area contributed by atoms with E-state index in [0.29, 0.717) is 22.8 Å². The molecule has 2 heterocycles. The molecule has 1 atom stereocenters. The summed E-state index contributed by atoms with van der Waals surface area (Å²) in [5, 5.41) is 15.0. The van der Waals surface area contributed by atoms with Crippen LogP contribution in [-0.4, -0.2) is 57.4 Å². The molecule has 2 aromatic carbocycles. The number of para-hydroxylation sites is 1. The first-order valence-electron chi connectivity index (χ1n) is 11.4. The summed E-state index contributed by atoms with van der Waals surface area (Å²) >= 11 is 0. The molecule has 1 unspecified atom stereocenters. The van der Waals surface area contributed by atoms with Gasteiger partial charge in [-0.25, -0.2) is 10.2 Å². The van der Waals surface area contributed by atoms with Crippen molar-refractivity contribution in [1.82, 2.24) is 19.1 Å². The SMILES string of the molecule is COc1ccc(C=NNc2nc3c(c(=O)[nH]c(=O)n3C)n2CC(O)COc2ccccc2C)cc1OC. The molecule has 194 valence electrons. The third-order valence-electron chi connectivity index (χ3n) is 5.71. The molecule has 12 nitrogen and oxygen atoms in total. The van der Waals surface area contributed by atoms with Gasteiger partial charge in [0.05, 0.1) is 27.0 Å². The largest absolute Gasteiger partial charge is 0.493 e.